The summed E-state index contributed by atoms with van der Waals surface area (Å²) in [5.41, 5.74) is 4.22. The Morgan fingerprint density at radius 3 is 2.79 bits per heavy atom. The Kier molecular flexibility index (Phi) is 4.21. The number of nitrogens with zero attached hydrogens (tertiary/aromatic N) is 3. The third-order valence-electron chi connectivity index (χ3n) is 3.88. The minimum absolute atomic E-state index is 0.456. The molecule has 1 aromatic heterocycles. The molecule has 0 aliphatic rings. The van der Waals surface area contributed by atoms with Crippen LogP contribution in [0.1, 0.15) is 11.4 Å². The van der Waals surface area contributed by atoms with Crippen molar-refractivity contribution in [3.63, 3.8) is 0 Å². The summed E-state index contributed by atoms with van der Waals surface area (Å²) in [5, 5.41) is 12.7. The van der Waals surface area contributed by atoms with E-state index in [1.54, 1.807) is 13.3 Å². The van der Waals surface area contributed by atoms with Crippen LogP contribution in [0.4, 0.5) is 5.69 Å². The highest BCUT2D eigenvalue weighted by atomic mass is 16.5. The van der Waals surface area contributed by atoms with Gasteiger partial charge in [0, 0.05) is 13.2 Å². The summed E-state index contributed by atoms with van der Waals surface area (Å²) < 4.78 is 7.26. The van der Waals surface area contributed by atoms with Crippen LogP contribution < -0.4 is 10.1 Å². The molecule has 3 aromatic rings. The first-order chi connectivity index (χ1) is 11.6. The zero-order valence-electron chi connectivity index (χ0n) is 13.9. The number of methoxy groups -OCH3 is 1. The number of ether oxygens (including phenoxy) is 1. The van der Waals surface area contributed by atoms with E-state index >= 15 is 0 Å². The molecule has 0 aliphatic carbocycles. The van der Waals surface area contributed by atoms with Crippen molar-refractivity contribution in [2.24, 2.45) is 7.05 Å². The molecule has 1 heterocycles. The van der Waals surface area contributed by atoms with Gasteiger partial charge in [-0.25, -0.2) is 4.98 Å². The lowest BCUT2D eigenvalue weighted by Crippen LogP contribution is -1.99. The molecule has 0 saturated carbocycles. The number of nitriles is 1. The molecule has 0 unspecified atom stereocenters. The van der Waals surface area contributed by atoms with Crippen LogP contribution in [-0.4, -0.2) is 16.7 Å². The second-order valence-corrected chi connectivity index (χ2v) is 5.50. The zero-order chi connectivity index (χ0) is 17.1. The van der Waals surface area contributed by atoms with Crippen molar-refractivity contribution in [2.75, 3.05) is 12.4 Å². The van der Waals surface area contributed by atoms with Crippen LogP contribution in [0.5, 0.6) is 5.75 Å². The van der Waals surface area contributed by atoms with Crippen molar-refractivity contribution >= 4 is 22.3 Å². The second kappa shape index (κ2) is 6.47. The summed E-state index contributed by atoms with van der Waals surface area (Å²) in [6.45, 7) is 2.00. The van der Waals surface area contributed by atoms with Crippen molar-refractivity contribution in [3.8, 4) is 11.8 Å². The molecule has 0 bridgehead atoms. The highest BCUT2D eigenvalue weighted by Gasteiger charge is 2.12. The SMILES string of the molecule is COc1ccc(C)cc1N/C=C(/C#N)c1nc2ccccc2n1C. The van der Waals surface area contributed by atoms with E-state index < -0.39 is 0 Å². The van der Waals surface area contributed by atoms with E-state index in [2.05, 4.69) is 16.4 Å². The quantitative estimate of drug-likeness (QED) is 0.742. The van der Waals surface area contributed by atoms with Crippen LogP contribution >= 0.6 is 0 Å². The summed E-state index contributed by atoms with van der Waals surface area (Å²) in [6, 6.07) is 15.9. The van der Waals surface area contributed by atoms with E-state index in [9.17, 15) is 5.26 Å². The van der Waals surface area contributed by atoms with Gasteiger partial charge in [0.1, 0.15) is 17.4 Å². The standard InChI is InChI=1S/C19H18N4O/c1-13-8-9-18(24-3)16(10-13)21-12-14(11-20)19-22-15-6-4-5-7-17(15)23(19)2/h4-10,12,21H,1-3H3/b14-12-. The highest BCUT2D eigenvalue weighted by Crippen LogP contribution is 2.26. The molecular formula is C19H18N4O. The van der Waals surface area contributed by atoms with Crippen molar-refractivity contribution in [1.82, 2.24) is 9.55 Å². The molecule has 120 valence electrons. The van der Waals surface area contributed by atoms with Crippen LogP contribution in [0, 0.1) is 18.3 Å². The third-order valence-corrected chi connectivity index (χ3v) is 3.88. The van der Waals surface area contributed by atoms with Crippen molar-refractivity contribution < 1.29 is 4.74 Å². The van der Waals surface area contributed by atoms with E-state index in [1.807, 2.05) is 61.0 Å². The lowest BCUT2D eigenvalue weighted by molar-refractivity contribution is 0.416. The Morgan fingerprint density at radius 2 is 2.08 bits per heavy atom. The smallest absolute Gasteiger partial charge is 0.153 e. The average Bonchev–Trinajstić information content (AvgIpc) is 2.93. The summed E-state index contributed by atoms with van der Waals surface area (Å²) in [5.74, 6) is 1.34. The van der Waals surface area contributed by atoms with Crippen LogP contribution in [-0.2, 0) is 7.05 Å². The molecule has 0 amide bonds. The van der Waals surface area contributed by atoms with Crippen LogP contribution in [0.2, 0.25) is 0 Å². The Morgan fingerprint density at radius 1 is 1.29 bits per heavy atom. The molecule has 0 spiro atoms. The number of fused-ring (bicyclic) bond motifs is 1. The Hall–Kier alpha value is -3.26. The van der Waals surface area contributed by atoms with Crippen molar-refractivity contribution in [1.29, 1.82) is 5.26 Å². The number of anilines is 1. The maximum absolute atomic E-state index is 9.55. The van der Waals surface area contributed by atoms with Gasteiger partial charge in [0.15, 0.2) is 5.82 Å². The first kappa shape index (κ1) is 15.6. The number of aromatic nitrogens is 2. The number of hydrogen-bond acceptors (Lipinski definition) is 4. The van der Waals surface area contributed by atoms with Crippen molar-refractivity contribution in [3.05, 3.63) is 60.1 Å². The molecule has 3 rings (SSSR count). The Bertz CT molecular complexity index is 963. The molecular weight excluding hydrogens is 300 g/mol. The number of imidazole rings is 1. The number of rotatable bonds is 4. The van der Waals surface area contributed by atoms with Gasteiger partial charge in [-0.3, -0.25) is 0 Å². The minimum atomic E-state index is 0.456. The van der Waals surface area contributed by atoms with E-state index in [0.717, 1.165) is 28.0 Å². The van der Waals surface area contributed by atoms with Crippen LogP contribution in [0.15, 0.2) is 48.7 Å². The van der Waals surface area contributed by atoms with Gasteiger partial charge in [-0.1, -0.05) is 18.2 Å². The lowest BCUT2D eigenvalue weighted by atomic mass is 10.2. The fourth-order valence-electron chi connectivity index (χ4n) is 2.62. The summed E-state index contributed by atoms with van der Waals surface area (Å²) >= 11 is 0. The van der Waals surface area contributed by atoms with E-state index in [-0.39, 0.29) is 0 Å². The summed E-state index contributed by atoms with van der Waals surface area (Å²) in [4.78, 5) is 4.56. The van der Waals surface area contributed by atoms with Gasteiger partial charge in [0.2, 0.25) is 0 Å². The molecule has 0 aliphatic heterocycles. The first-order valence-corrected chi connectivity index (χ1v) is 7.57. The van der Waals surface area contributed by atoms with E-state index in [4.69, 9.17) is 4.74 Å². The topological polar surface area (TPSA) is 62.9 Å². The predicted octanol–water partition coefficient (Wildman–Crippen LogP) is 3.87. The molecule has 24 heavy (non-hydrogen) atoms. The van der Waals surface area contributed by atoms with E-state index in [0.29, 0.717) is 11.4 Å². The fourth-order valence-corrected chi connectivity index (χ4v) is 2.62. The Balaban J connectivity index is 2.00. The summed E-state index contributed by atoms with van der Waals surface area (Å²) in [7, 11) is 3.53. The largest absolute Gasteiger partial charge is 0.495 e. The highest BCUT2D eigenvalue weighted by molar-refractivity contribution is 5.83. The van der Waals surface area contributed by atoms with Gasteiger partial charge in [-0.05, 0) is 36.8 Å². The maximum Gasteiger partial charge on any atom is 0.153 e. The van der Waals surface area contributed by atoms with Gasteiger partial charge >= 0.3 is 0 Å². The van der Waals surface area contributed by atoms with Gasteiger partial charge in [0.25, 0.3) is 0 Å². The number of nitrogens with one attached hydrogen (secondary N) is 1. The minimum Gasteiger partial charge on any atom is -0.495 e. The van der Waals surface area contributed by atoms with Gasteiger partial charge in [-0.2, -0.15) is 5.26 Å². The van der Waals surface area contributed by atoms with Gasteiger partial charge < -0.3 is 14.6 Å². The lowest BCUT2D eigenvalue weighted by Gasteiger charge is -2.09. The molecule has 0 fully saturated rings. The van der Waals surface area contributed by atoms with Gasteiger partial charge in [0.05, 0.1) is 23.8 Å². The van der Waals surface area contributed by atoms with Crippen LogP contribution in [0.3, 0.4) is 0 Å². The molecule has 1 N–H and O–H groups in total. The molecule has 5 nitrogen and oxygen atoms in total. The average molecular weight is 318 g/mol. The van der Waals surface area contributed by atoms with Crippen LogP contribution in [0.25, 0.3) is 16.6 Å². The normalized spacial score (nSPS) is 11.3. The number of allylic oxidation sites excluding steroid dienone is 1. The predicted molar refractivity (Wildman–Crippen MR) is 95.7 cm³/mol. The summed E-state index contributed by atoms with van der Waals surface area (Å²) in [6.07, 6.45) is 1.67. The monoisotopic (exact) mass is 318 g/mol. The first-order valence-electron chi connectivity index (χ1n) is 7.57. The molecule has 0 atom stereocenters. The number of para-hydroxylation sites is 2. The number of benzene rings is 2. The number of aryl methyl sites for hydroxylation is 2. The zero-order valence-corrected chi connectivity index (χ0v) is 13.9. The molecule has 0 saturated heterocycles. The number of hydrogen-bond donors (Lipinski definition) is 1. The molecule has 2 aromatic carbocycles. The molecule has 5 heteroatoms. The Labute approximate surface area is 140 Å². The second-order valence-electron chi connectivity index (χ2n) is 5.50. The van der Waals surface area contributed by atoms with Crippen molar-refractivity contribution in [2.45, 2.75) is 6.92 Å². The maximum atomic E-state index is 9.55. The van der Waals surface area contributed by atoms with E-state index in [1.165, 1.54) is 0 Å². The van der Waals surface area contributed by atoms with Gasteiger partial charge in [-0.15, -0.1) is 0 Å². The molecule has 0 radical (unpaired) electrons. The third kappa shape index (κ3) is 2.82. The fraction of sp³-hybridized carbons (Fsp3) is 0.158.